The summed E-state index contributed by atoms with van der Waals surface area (Å²) in [5.74, 6) is -0.111. The minimum Gasteiger partial charge on any atom is -0.468 e. The van der Waals surface area contributed by atoms with Crippen LogP contribution in [-0.2, 0) is 30.9 Å². The molecule has 1 saturated carbocycles. The van der Waals surface area contributed by atoms with E-state index in [4.69, 9.17) is 9.15 Å². The van der Waals surface area contributed by atoms with Crippen molar-refractivity contribution in [1.29, 1.82) is 0 Å². The first kappa shape index (κ1) is 20.0. The third kappa shape index (κ3) is 5.40. The summed E-state index contributed by atoms with van der Waals surface area (Å²) in [6.07, 6.45) is 6.30. The van der Waals surface area contributed by atoms with Crippen LogP contribution in [0.1, 0.15) is 37.0 Å². The molecule has 1 atom stereocenters. The number of sulfonamides is 1. The predicted octanol–water partition coefficient (Wildman–Crippen LogP) is 2.83. The van der Waals surface area contributed by atoms with Crippen molar-refractivity contribution in [3.8, 4) is 0 Å². The number of ketones is 1. The van der Waals surface area contributed by atoms with E-state index >= 15 is 0 Å². The Hall–Kier alpha value is -2.71. The van der Waals surface area contributed by atoms with Crippen LogP contribution in [0, 0.1) is 0 Å². The highest BCUT2D eigenvalue weighted by atomic mass is 32.2. The van der Waals surface area contributed by atoms with E-state index in [0.717, 1.165) is 12.8 Å². The van der Waals surface area contributed by atoms with Gasteiger partial charge in [-0.2, -0.15) is 0 Å². The topological polar surface area (TPSA) is 103 Å². The number of esters is 1. The molecule has 1 N–H and O–H groups in total. The molecule has 28 heavy (non-hydrogen) atoms. The second-order valence-electron chi connectivity index (χ2n) is 6.44. The normalized spacial score (nSPS) is 17.7. The first-order valence-electron chi connectivity index (χ1n) is 8.97. The zero-order chi connectivity index (χ0) is 20.0. The Labute approximate surface area is 163 Å². The monoisotopic (exact) mass is 403 g/mol. The van der Waals surface area contributed by atoms with Crippen LogP contribution in [0.5, 0.6) is 0 Å². The van der Waals surface area contributed by atoms with Gasteiger partial charge in [0.15, 0.2) is 11.9 Å². The Kier molecular flexibility index (Phi) is 6.43. The molecule has 1 aliphatic carbocycles. The Morgan fingerprint density at radius 1 is 1.21 bits per heavy atom. The minimum absolute atomic E-state index is 0.0374. The first-order valence-corrected chi connectivity index (χ1v) is 10.5. The zero-order valence-corrected chi connectivity index (χ0v) is 16.0. The first-order chi connectivity index (χ1) is 13.4. The van der Waals surface area contributed by atoms with Gasteiger partial charge in [-0.3, -0.25) is 4.79 Å². The SMILES string of the molecule is O=C(/C=C/c1ccc(S(=O)(=O)NCc2ccco2)cc1)O[C@@H]1CCCCC1=O. The van der Waals surface area contributed by atoms with Crippen molar-refractivity contribution >= 4 is 27.9 Å². The van der Waals surface area contributed by atoms with E-state index < -0.39 is 22.1 Å². The highest BCUT2D eigenvalue weighted by Crippen LogP contribution is 2.18. The van der Waals surface area contributed by atoms with Gasteiger partial charge in [-0.05, 0) is 55.2 Å². The van der Waals surface area contributed by atoms with Gasteiger partial charge < -0.3 is 9.15 Å². The van der Waals surface area contributed by atoms with Crippen LogP contribution < -0.4 is 4.72 Å². The number of carbonyl (C=O) groups is 2. The quantitative estimate of drug-likeness (QED) is 0.563. The van der Waals surface area contributed by atoms with Crippen molar-refractivity contribution in [2.45, 2.75) is 43.2 Å². The average molecular weight is 403 g/mol. The molecule has 0 spiro atoms. The van der Waals surface area contributed by atoms with E-state index in [-0.39, 0.29) is 17.2 Å². The van der Waals surface area contributed by atoms with Crippen molar-refractivity contribution in [2.24, 2.45) is 0 Å². The third-order valence-corrected chi connectivity index (χ3v) is 5.79. The average Bonchev–Trinajstić information content (AvgIpc) is 3.21. The van der Waals surface area contributed by atoms with Crippen LogP contribution in [0.25, 0.3) is 6.08 Å². The maximum Gasteiger partial charge on any atom is 0.331 e. The number of Topliss-reactive ketones (excluding diaryl/α,β-unsaturated/α-hetero) is 1. The molecule has 1 aromatic heterocycles. The van der Waals surface area contributed by atoms with Gasteiger partial charge in [-0.25, -0.2) is 17.9 Å². The molecule has 0 amide bonds. The zero-order valence-electron chi connectivity index (χ0n) is 15.2. The fourth-order valence-corrected chi connectivity index (χ4v) is 3.83. The minimum atomic E-state index is -3.67. The maximum absolute atomic E-state index is 12.3. The summed E-state index contributed by atoms with van der Waals surface area (Å²) in [5.41, 5.74) is 0.636. The van der Waals surface area contributed by atoms with Crippen LogP contribution in [0.15, 0.2) is 58.1 Å². The number of carbonyl (C=O) groups excluding carboxylic acids is 2. The molecular weight excluding hydrogens is 382 g/mol. The molecule has 0 saturated heterocycles. The van der Waals surface area contributed by atoms with Crippen LogP contribution >= 0.6 is 0 Å². The molecule has 1 aliphatic rings. The van der Waals surface area contributed by atoms with Crippen LogP contribution in [0.3, 0.4) is 0 Å². The molecule has 3 rings (SSSR count). The van der Waals surface area contributed by atoms with E-state index in [1.54, 1.807) is 24.3 Å². The second kappa shape index (κ2) is 8.99. The lowest BCUT2D eigenvalue weighted by molar-refractivity contribution is -0.152. The van der Waals surface area contributed by atoms with Gasteiger partial charge in [0.25, 0.3) is 0 Å². The number of hydrogen-bond donors (Lipinski definition) is 1. The Morgan fingerprint density at radius 2 is 2.00 bits per heavy atom. The molecule has 1 aromatic carbocycles. The second-order valence-corrected chi connectivity index (χ2v) is 8.21. The summed E-state index contributed by atoms with van der Waals surface area (Å²) >= 11 is 0. The molecule has 0 radical (unpaired) electrons. The van der Waals surface area contributed by atoms with Crippen molar-refractivity contribution < 1.29 is 27.2 Å². The fourth-order valence-electron chi connectivity index (χ4n) is 2.84. The smallest absolute Gasteiger partial charge is 0.331 e. The lowest BCUT2D eigenvalue weighted by Crippen LogP contribution is -2.29. The van der Waals surface area contributed by atoms with Crippen LogP contribution in [-0.4, -0.2) is 26.3 Å². The number of ether oxygens (including phenoxy) is 1. The molecule has 0 bridgehead atoms. The van der Waals surface area contributed by atoms with E-state index in [9.17, 15) is 18.0 Å². The van der Waals surface area contributed by atoms with Gasteiger partial charge in [0, 0.05) is 12.5 Å². The molecule has 148 valence electrons. The molecular formula is C20H21NO6S. The van der Waals surface area contributed by atoms with Crippen molar-refractivity contribution in [3.63, 3.8) is 0 Å². The Bertz CT molecular complexity index is 945. The lowest BCUT2D eigenvalue weighted by atomic mass is 9.96. The summed E-state index contributed by atoms with van der Waals surface area (Å²) in [6, 6.07) is 9.41. The number of furan rings is 1. The van der Waals surface area contributed by atoms with Gasteiger partial charge in [0.2, 0.25) is 10.0 Å². The van der Waals surface area contributed by atoms with E-state index in [1.165, 1.54) is 30.5 Å². The van der Waals surface area contributed by atoms with Crippen molar-refractivity contribution in [3.05, 3.63) is 60.1 Å². The van der Waals surface area contributed by atoms with E-state index in [1.807, 2.05) is 0 Å². The van der Waals surface area contributed by atoms with Gasteiger partial charge in [0.1, 0.15) is 5.76 Å². The molecule has 1 heterocycles. The van der Waals surface area contributed by atoms with Crippen molar-refractivity contribution in [1.82, 2.24) is 4.72 Å². The van der Waals surface area contributed by atoms with Crippen molar-refractivity contribution in [2.75, 3.05) is 0 Å². The number of benzene rings is 1. The lowest BCUT2D eigenvalue weighted by Gasteiger charge is -2.19. The van der Waals surface area contributed by atoms with Crippen LogP contribution in [0.2, 0.25) is 0 Å². The molecule has 1 fully saturated rings. The van der Waals surface area contributed by atoms with E-state index in [2.05, 4.69) is 4.72 Å². The van der Waals surface area contributed by atoms with Gasteiger partial charge in [-0.1, -0.05) is 12.1 Å². The third-order valence-electron chi connectivity index (χ3n) is 4.38. The summed E-state index contributed by atoms with van der Waals surface area (Å²) in [7, 11) is -3.67. The molecule has 8 heteroatoms. The molecule has 0 aliphatic heterocycles. The van der Waals surface area contributed by atoms with Gasteiger partial charge in [0.05, 0.1) is 17.7 Å². The Morgan fingerprint density at radius 3 is 2.68 bits per heavy atom. The highest BCUT2D eigenvalue weighted by Gasteiger charge is 2.24. The molecule has 2 aromatic rings. The van der Waals surface area contributed by atoms with Crippen LogP contribution in [0.4, 0.5) is 0 Å². The fraction of sp³-hybridized carbons (Fsp3) is 0.300. The highest BCUT2D eigenvalue weighted by molar-refractivity contribution is 7.89. The van der Waals surface area contributed by atoms with Gasteiger partial charge in [-0.15, -0.1) is 0 Å². The number of hydrogen-bond acceptors (Lipinski definition) is 6. The summed E-state index contributed by atoms with van der Waals surface area (Å²) in [5, 5.41) is 0. The summed E-state index contributed by atoms with van der Waals surface area (Å²) < 4.78 is 37.3. The molecule has 0 unspecified atom stereocenters. The number of rotatable bonds is 7. The maximum atomic E-state index is 12.3. The predicted molar refractivity (Wildman–Crippen MR) is 102 cm³/mol. The largest absolute Gasteiger partial charge is 0.468 e. The van der Waals surface area contributed by atoms with Gasteiger partial charge >= 0.3 is 5.97 Å². The number of nitrogens with one attached hydrogen (secondary N) is 1. The standard InChI is InChI=1S/C20H21NO6S/c22-18-5-1-2-6-19(18)27-20(23)12-9-15-7-10-17(11-8-15)28(24,25)21-14-16-4-3-13-26-16/h3-4,7-13,19,21H,1-2,5-6,14H2/b12-9+/t19-/m1/s1. The molecule has 7 nitrogen and oxygen atoms in total. The summed E-state index contributed by atoms with van der Waals surface area (Å²) in [6.45, 7) is 0.0582. The Balaban J connectivity index is 1.56. The van der Waals surface area contributed by atoms with E-state index in [0.29, 0.717) is 24.2 Å². The summed E-state index contributed by atoms with van der Waals surface area (Å²) in [4.78, 5) is 23.7.